The number of carboxylic acids is 1. The molecule has 0 aliphatic rings. The summed E-state index contributed by atoms with van der Waals surface area (Å²) in [6.45, 7) is 5.00. The summed E-state index contributed by atoms with van der Waals surface area (Å²) >= 11 is 0. The fourth-order valence-corrected chi connectivity index (χ4v) is 2.01. The standard InChI is InChI=1S/C17H24N2O5/c1-11(2)9-14(17(22)23)19-15(20)10-18-16(21)12(3)24-13-7-5-4-6-8-13/h4-8,11-12,14H,9-10H2,1-3H3,(H,18,21)(H,19,20)(H,22,23)/t12?,14-/m0/s1. The number of hydrogen-bond acceptors (Lipinski definition) is 4. The van der Waals surface area contributed by atoms with Crippen molar-refractivity contribution in [1.82, 2.24) is 10.6 Å². The van der Waals surface area contributed by atoms with Gasteiger partial charge < -0.3 is 20.5 Å². The molecule has 0 aliphatic heterocycles. The smallest absolute Gasteiger partial charge is 0.326 e. The normalized spacial score (nSPS) is 13.0. The summed E-state index contributed by atoms with van der Waals surface area (Å²) in [5, 5.41) is 13.9. The van der Waals surface area contributed by atoms with Gasteiger partial charge in [-0.05, 0) is 31.4 Å². The first-order chi connectivity index (χ1) is 11.3. The van der Waals surface area contributed by atoms with Crippen LogP contribution in [-0.4, -0.2) is 41.6 Å². The van der Waals surface area contributed by atoms with Gasteiger partial charge in [0.2, 0.25) is 5.91 Å². The van der Waals surface area contributed by atoms with Crippen molar-refractivity contribution in [2.24, 2.45) is 5.92 Å². The van der Waals surface area contributed by atoms with Crippen LogP contribution in [0, 0.1) is 5.92 Å². The molecule has 0 fully saturated rings. The molecule has 1 aromatic carbocycles. The van der Waals surface area contributed by atoms with Crippen LogP contribution in [-0.2, 0) is 14.4 Å². The average molecular weight is 336 g/mol. The van der Waals surface area contributed by atoms with Crippen molar-refractivity contribution in [3.63, 3.8) is 0 Å². The molecule has 132 valence electrons. The third-order valence-electron chi connectivity index (χ3n) is 3.19. The molecule has 1 unspecified atom stereocenters. The maximum absolute atomic E-state index is 11.9. The molecule has 7 heteroatoms. The highest BCUT2D eigenvalue weighted by Gasteiger charge is 2.22. The van der Waals surface area contributed by atoms with E-state index in [0.29, 0.717) is 12.2 Å². The highest BCUT2D eigenvalue weighted by Crippen LogP contribution is 2.10. The van der Waals surface area contributed by atoms with Crippen molar-refractivity contribution < 1.29 is 24.2 Å². The van der Waals surface area contributed by atoms with Gasteiger partial charge in [-0.3, -0.25) is 9.59 Å². The summed E-state index contributed by atoms with van der Waals surface area (Å²) in [4.78, 5) is 34.8. The van der Waals surface area contributed by atoms with Gasteiger partial charge in [-0.1, -0.05) is 32.0 Å². The monoisotopic (exact) mass is 336 g/mol. The minimum atomic E-state index is -1.09. The minimum Gasteiger partial charge on any atom is -0.481 e. The van der Waals surface area contributed by atoms with Gasteiger partial charge in [0.1, 0.15) is 11.8 Å². The van der Waals surface area contributed by atoms with E-state index in [1.807, 2.05) is 19.9 Å². The molecule has 0 aliphatic carbocycles. The zero-order valence-electron chi connectivity index (χ0n) is 14.1. The molecule has 2 amide bonds. The van der Waals surface area contributed by atoms with Gasteiger partial charge in [0, 0.05) is 0 Å². The van der Waals surface area contributed by atoms with E-state index in [0.717, 1.165) is 0 Å². The molecule has 2 atom stereocenters. The second-order valence-corrected chi connectivity index (χ2v) is 5.88. The fraction of sp³-hybridized carbons (Fsp3) is 0.471. The van der Waals surface area contributed by atoms with Crippen molar-refractivity contribution in [2.75, 3.05) is 6.54 Å². The van der Waals surface area contributed by atoms with Crippen LogP contribution >= 0.6 is 0 Å². The first-order valence-electron chi connectivity index (χ1n) is 7.81. The van der Waals surface area contributed by atoms with Crippen LogP contribution in [0.5, 0.6) is 5.75 Å². The summed E-state index contributed by atoms with van der Waals surface area (Å²) in [5.41, 5.74) is 0. The molecule has 0 saturated heterocycles. The Morgan fingerprint density at radius 3 is 2.29 bits per heavy atom. The van der Waals surface area contributed by atoms with Crippen molar-refractivity contribution in [3.05, 3.63) is 30.3 Å². The van der Waals surface area contributed by atoms with Crippen LogP contribution < -0.4 is 15.4 Å². The van der Waals surface area contributed by atoms with Crippen LogP contribution in [0.3, 0.4) is 0 Å². The maximum atomic E-state index is 11.9. The summed E-state index contributed by atoms with van der Waals surface area (Å²) < 4.78 is 5.44. The quantitative estimate of drug-likeness (QED) is 0.628. The Labute approximate surface area is 141 Å². The Balaban J connectivity index is 2.42. The third-order valence-corrected chi connectivity index (χ3v) is 3.19. The lowest BCUT2D eigenvalue weighted by molar-refractivity contribution is -0.142. The molecule has 0 spiro atoms. The number of benzene rings is 1. The SMILES string of the molecule is CC(C)C[C@H](NC(=O)CNC(=O)C(C)Oc1ccccc1)C(=O)O. The van der Waals surface area contributed by atoms with Crippen molar-refractivity contribution in [1.29, 1.82) is 0 Å². The lowest BCUT2D eigenvalue weighted by Gasteiger charge is -2.17. The number of aliphatic carboxylic acids is 1. The van der Waals surface area contributed by atoms with E-state index in [9.17, 15) is 14.4 Å². The highest BCUT2D eigenvalue weighted by atomic mass is 16.5. The van der Waals surface area contributed by atoms with Crippen molar-refractivity contribution in [3.8, 4) is 5.75 Å². The Morgan fingerprint density at radius 2 is 1.75 bits per heavy atom. The zero-order chi connectivity index (χ0) is 18.1. The number of carbonyl (C=O) groups excluding carboxylic acids is 2. The first-order valence-corrected chi connectivity index (χ1v) is 7.81. The zero-order valence-corrected chi connectivity index (χ0v) is 14.1. The van der Waals surface area contributed by atoms with Crippen LogP contribution in [0.2, 0.25) is 0 Å². The Morgan fingerprint density at radius 1 is 1.12 bits per heavy atom. The van der Waals surface area contributed by atoms with Crippen molar-refractivity contribution >= 4 is 17.8 Å². The lowest BCUT2D eigenvalue weighted by Crippen LogP contribution is -2.47. The molecule has 0 saturated carbocycles. The number of ether oxygens (including phenoxy) is 1. The van der Waals surface area contributed by atoms with Gasteiger partial charge >= 0.3 is 5.97 Å². The molecule has 7 nitrogen and oxygen atoms in total. The molecule has 0 bridgehead atoms. The van der Waals surface area contributed by atoms with Gasteiger partial charge in [0.05, 0.1) is 6.54 Å². The van der Waals surface area contributed by atoms with Gasteiger partial charge in [-0.2, -0.15) is 0 Å². The number of amides is 2. The van der Waals surface area contributed by atoms with Gasteiger partial charge in [0.15, 0.2) is 6.10 Å². The molecular weight excluding hydrogens is 312 g/mol. The van der Waals surface area contributed by atoms with Crippen LogP contribution in [0.25, 0.3) is 0 Å². The molecule has 1 rings (SSSR count). The van der Waals surface area contributed by atoms with E-state index >= 15 is 0 Å². The molecule has 3 N–H and O–H groups in total. The number of carboxylic acid groups (broad SMARTS) is 1. The summed E-state index contributed by atoms with van der Waals surface area (Å²) in [7, 11) is 0. The first kappa shape index (κ1) is 19.5. The summed E-state index contributed by atoms with van der Waals surface area (Å²) in [6.07, 6.45) is -0.450. The van der Waals surface area contributed by atoms with E-state index in [4.69, 9.17) is 9.84 Å². The second kappa shape index (κ2) is 9.54. The van der Waals surface area contributed by atoms with E-state index < -0.39 is 29.9 Å². The number of carbonyl (C=O) groups is 3. The van der Waals surface area contributed by atoms with Crippen LogP contribution in [0.1, 0.15) is 27.2 Å². The van der Waals surface area contributed by atoms with E-state index in [2.05, 4.69) is 10.6 Å². The third kappa shape index (κ3) is 7.13. The summed E-state index contributed by atoms with van der Waals surface area (Å²) in [6, 6.07) is 7.88. The largest absolute Gasteiger partial charge is 0.481 e. The number of hydrogen-bond donors (Lipinski definition) is 3. The van der Waals surface area contributed by atoms with Gasteiger partial charge in [0.25, 0.3) is 5.91 Å². The number of nitrogens with one attached hydrogen (secondary N) is 2. The van der Waals surface area contributed by atoms with E-state index in [1.165, 1.54) is 0 Å². The Bertz CT molecular complexity index is 559. The minimum absolute atomic E-state index is 0.125. The Kier molecular flexibility index (Phi) is 7.74. The van der Waals surface area contributed by atoms with Gasteiger partial charge in [-0.25, -0.2) is 4.79 Å². The maximum Gasteiger partial charge on any atom is 0.326 e. The molecular formula is C17H24N2O5. The lowest BCUT2D eigenvalue weighted by atomic mass is 10.0. The predicted molar refractivity (Wildman–Crippen MR) is 88.6 cm³/mol. The second-order valence-electron chi connectivity index (χ2n) is 5.88. The van der Waals surface area contributed by atoms with Gasteiger partial charge in [-0.15, -0.1) is 0 Å². The fourth-order valence-electron chi connectivity index (χ4n) is 2.01. The van der Waals surface area contributed by atoms with Crippen LogP contribution in [0.15, 0.2) is 30.3 Å². The highest BCUT2D eigenvalue weighted by molar-refractivity contribution is 5.89. The summed E-state index contributed by atoms with van der Waals surface area (Å²) in [5.74, 6) is -1.43. The van der Waals surface area contributed by atoms with E-state index in [1.54, 1.807) is 31.2 Å². The number of para-hydroxylation sites is 1. The number of rotatable bonds is 9. The predicted octanol–water partition coefficient (Wildman–Crippen LogP) is 1.19. The van der Waals surface area contributed by atoms with Crippen LogP contribution in [0.4, 0.5) is 0 Å². The molecule has 0 radical (unpaired) electrons. The topological polar surface area (TPSA) is 105 Å². The van der Waals surface area contributed by atoms with E-state index in [-0.39, 0.29) is 12.5 Å². The molecule has 0 heterocycles. The molecule has 1 aromatic rings. The Hall–Kier alpha value is -2.57. The van der Waals surface area contributed by atoms with Crippen molar-refractivity contribution in [2.45, 2.75) is 39.3 Å². The average Bonchev–Trinajstić information content (AvgIpc) is 2.52. The molecule has 24 heavy (non-hydrogen) atoms. The molecule has 0 aromatic heterocycles.